The zero-order chi connectivity index (χ0) is 16.9. The quantitative estimate of drug-likeness (QED) is 0.900. The van der Waals surface area contributed by atoms with E-state index in [2.05, 4.69) is 20.6 Å². The fourth-order valence-electron chi connectivity index (χ4n) is 2.81. The number of urea groups is 1. The SMILES string of the molecule is Cc1nc(CN2CCCN(C(=O)Nc3cccc(Cl)c3)CC2)cs1. The Morgan fingerprint density at radius 2 is 2.21 bits per heavy atom. The van der Waals surface area contributed by atoms with Crippen LogP contribution in [-0.4, -0.2) is 47.0 Å². The largest absolute Gasteiger partial charge is 0.323 e. The molecule has 2 amide bonds. The molecule has 2 aromatic rings. The van der Waals surface area contributed by atoms with Crippen LogP contribution in [-0.2, 0) is 6.54 Å². The molecule has 1 aliphatic rings. The number of carbonyl (C=O) groups is 1. The molecule has 0 atom stereocenters. The van der Waals surface area contributed by atoms with Crippen molar-refractivity contribution < 1.29 is 4.79 Å². The van der Waals surface area contributed by atoms with Gasteiger partial charge in [-0.3, -0.25) is 4.90 Å². The van der Waals surface area contributed by atoms with E-state index in [1.807, 2.05) is 24.0 Å². The number of aromatic nitrogens is 1. The van der Waals surface area contributed by atoms with Crippen LogP contribution in [0.4, 0.5) is 10.5 Å². The Kier molecular flexibility index (Phi) is 5.71. The van der Waals surface area contributed by atoms with Crippen LogP contribution in [0.3, 0.4) is 0 Å². The summed E-state index contributed by atoms with van der Waals surface area (Å²) >= 11 is 7.64. The van der Waals surface area contributed by atoms with Crippen molar-refractivity contribution in [1.82, 2.24) is 14.8 Å². The summed E-state index contributed by atoms with van der Waals surface area (Å²) in [7, 11) is 0. The summed E-state index contributed by atoms with van der Waals surface area (Å²) in [5, 5.41) is 6.75. The van der Waals surface area contributed by atoms with E-state index in [4.69, 9.17) is 11.6 Å². The normalized spacial score (nSPS) is 16.0. The van der Waals surface area contributed by atoms with E-state index in [-0.39, 0.29) is 6.03 Å². The van der Waals surface area contributed by atoms with E-state index < -0.39 is 0 Å². The van der Waals surface area contributed by atoms with Crippen molar-refractivity contribution in [2.75, 3.05) is 31.5 Å². The predicted octanol–water partition coefficient (Wildman–Crippen LogP) is 3.84. The fraction of sp³-hybridized carbons (Fsp3) is 0.412. The van der Waals surface area contributed by atoms with Crippen molar-refractivity contribution in [1.29, 1.82) is 0 Å². The first-order valence-corrected chi connectivity index (χ1v) is 9.31. The predicted molar refractivity (Wildman–Crippen MR) is 98.8 cm³/mol. The van der Waals surface area contributed by atoms with Crippen molar-refractivity contribution in [3.63, 3.8) is 0 Å². The van der Waals surface area contributed by atoms with Gasteiger partial charge in [0.05, 0.1) is 10.7 Å². The van der Waals surface area contributed by atoms with E-state index in [0.717, 1.165) is 55.5 Å². The second kappa shape index (κ2) is 7.96. The smallest absolute Gasteiger partial charge is 0.321 e. The summed E-state index contributed by atoms with van der Waals surface area (Å²) in [6.07, 6.45) is 0.964. The van der Waals surface area contributed by atoms with Gasteiger partial charge in [0.25, 0.3) is 0 Å². The van der Waals surface area contributed by atoms with Crippen LogP contribution in [0.1, 0.15) is 17.1 Å². The zero-order valence-electron chi connectivity index (χ0n) is 13.7. The third-order valence-electron chi connectivity index (χ3n) is 4.00. The summed E-state index contributed by atoms with van der Waals surface area (Å²) in [5.41, 5.74) is 1.85. The van der Waals surface area contributed by atoms with Gasteiger partial charge in [-0.25, -0.2) is 9.78 Å². The Balaban J connectivity index is 1.53. The van der Waals surface area contributed by atoms with Gasteiger partial charge >= 0.3 is 6.03 Å². The van der Waals surface area contributed by atoms with Gasteiger partial charge in [-0.1, -0.05) is 17.7 Å². The number of thiazole rings is 1. The minimum atomic E-state index is -0.0661. The Hall–Kier alpha value is -1.63. The number of hydrogen-bond donors (Lipinski definition) is 1. The van der Waals surface area contributed by atoms with Crippen LogP contribution in [0.5, 0.6) is 0 Å². The van der Waals surface area contributed by atoms with E-state index in [1.54, 1.807) is 23.5 Å². The standard InChI is InChI=1S/C17H21ClN4OS/c1-13-19-16(12-24-13)11-21-6-3-7-22(9-8-21)17(23)20-15-5-2-4-14(18)10-15/h2,4-5,10,12H,3,6-9,11H2,1H3,(H,20,23). The highest BCUT2D eigenvalue weighted by molar-refractivity contribution is 7.09. The first kappa shape index (κ1) is 17.2. The van der Waals surface area contributed by atoms with E-state index in [0.29, 0.717) is 5.02 Å². The van der Waals surface area contributed by atoms with Crippen LogP contribution in [0.25, 0.3) is 0 Å². The topological polar surface area (TPSA) is 48.5 Å². The minimum absolute atomic E-state index is 0.0661. The summed E-state index contributed by atoms with van der Waals surface area (Å²) in [6.45, 7) is 6.21. The maximum atomic E-state index is 12.4. The maximum absolute atomic E-state index is 12.4. The summed E-state index contributed by atoms with van der Waals surface area (Å²) in [6, 6.07) is 7.16. The number of amides is 2. The molecule has 1 saturated heterocycles. The first-order valence-electron chi connectivity index (χ1n) is 8.05. The number of carbonyl (C=O) groups excluding carboxylic acids is 1. The van der Waals surface area contributed by atoms with Crippen molar-refractivity contribution in [3.05, 3.63) is 45.4 Å². The zero-order valence-corrected chi connectivity index (χ0v) is 15.2. The second-order valence-corrected chi connectivity index (χ2v) is 7.41. The monoisotopic (exact) mass is 364 g/mol. The Labute approximate surface area is 151 Å². The molecule has 1 aromatic carbocycles. The third-order valence-corrected chi connectivity index (χ3v) is 5.06. The average Bonchev–Trinajstić information content (AvgIpc) is 2.81. The number of rotatable bonds is 3. The number of aryl methyl sites for hydroxylation is 1. The minimum Gasteiger partial charge on any atom is -0.323 e. The molecule has 1 fully saturated rings. The molecule has 128 valence electrons. The van der Waals surface area contributed by atoms with E-state index >= 15 is 0 Å². The molecular weight excluding hydrogens is 344 g/mol. The van der Waals surface area contributed by atoms with Gasteiger partial charge in [0, 0.05) is 48.8 Å². The van der Waals surface area contributed by atoms with Crippen LogP contribution in [0, 0.1) is 6.92 Å². The van der Waals surface area contributed by atoms with Crippen LogP contribution >= 0.6 is 22.9 Å². The Bertz CT molecular complexity index is 705. The molecule has 0 radical (unpaired) electrons. The lowest BCUT2D eigenvalue weighted by Crippen LogP contribution is -2.38. The van der Waals surface area contributed by atoms with Crippen molar-refractivity contribution >= 4 is 34.7 Å². The lowest BCUT2D eigenvalue weighted by atomic mass is 10.3. The van der Waals surface area contributed by atoms with Crippen LogP contribution in [0.2, 0.25) is 5.02 Å². The highest BCUT2D eigenvalue weighted by Gasteiger charge is 2.19. The number of hydrogen-bond acceptors (Lipinski definition) is 4. The Morgan fingerprint density at radius 1 is 1.33 bits per heavy atom. The highest BCUT2D eigenvalue weighted by atomic mass is 35.5. The second-order valence-electron chi connectivity index (χ2n) is 5.92. The van der Waals surface area contributed by atoms with Gasteiger partial charge in [-0.05, 0) is 31.5 Å². The summed E-state index contributed by atoms with van der Waals surface area (Å²) in [5.74, 6) is 0. The van der Waals surface area contributed by atoms with Gasteiger partial charge in [0.2, 0.25) is 0 Å². The molecule has 3 rings (SSSR count). The van der Waals surface area contributed by atoms with Crippen LogP contribution in [0.15, 0.2) is 29.6 Å². The number of nitrogens with one attached hydrogen (secondary N) is 1. The number of halogens is 1. The van der Waals surface area contributed by atoms with Crippen molar-refractivity contribution in [2.45, 2.75) is 19.9 Å². The molecule has 0 spiro atoms. The summed E-state index contributed by atoms with van der Waals surface area (Å²) in [4.78, 5) is 21.2. The molecule has 1 aromatic heterocycles. The van der Waals surface area contributed by atoms with E-state index in [9.17, 15) is 4.79 Å². The molecule has 5 nitrogen and oxygen atoms in total. The highest BCUT2D eigenvalue weighted by Crippen LogP contribution is 2.16. The lowest BCUT2D eigenvalue weighted by molar-refractivity contribution is 0.211. The molecule has 0 bridgehead atoms. The van der Waals surface area contributed by atoms with Gasteiger partial charge in [0.15, 0.2) is 0 Å². The van der Waals surface area contributed by atoms with Crippen LogP contribution < -0.4 is 5.32 Å². The molecular formula is C17H21ClN4OS. The number of nitrogens with zero attached hydrogens (tertiary/aromatic N) is 3. The van der Waals surface area contributed by atoms with Gasteiger partial charge < -0.3 is 10.2 Å². The van der Waals surface area contributed by atoms with Gasteiger partial charge in [-0.2, -0.15) is 0 Å². The van der Waals surface area contributed by atoms with Gasteiger partial charge in [0.1, 0.15) is 0 Å². The average molecular weight is 365 g/mol. The molecule has 2 heterocycles. The maximum Gasteiger partial charge on any atom is 0.321 e. The molecule has 7 heteroatoms. The molecule has 1 aliphatic heterocycles. The van der Waals surface area contributed by atoms with Gasteiger partial charge in [-0.15, -0.1) is 11.3 Å². The molecule has 24 heavy (non-hydrogen) atoms. The van der Waals surface area contributed by atoms with E-state index in [1.165, 1.54) is 0 Å². The van der Waals surface area contributed by atoms with Crippen molar-refractivity contribution in [2.24, 2.45) is 0 Å². The molecule has 0 aliphatic carbocycles. The molecule has 1 N–H and O–H groups in total. The fourth-order valence-corrected chi connectivity index (χ4v) is 3.60. The lowest BCUT2D eigenvalue weighted by Gasteiger charge is -2.22. The third kappa shape index (κ3) is 4.69. The Morgan fingerprint density at radius 3 is 2.96 bits per heavy atom. The molecule has 0 unspecified atom stereocenters. The number of benzene rings is 1. The summed E-state index contributed by atoms with van der Waals surface area (Å²) < 4.78 is 0. The molecule has 0 saturated carbocycles. The van der Waals surface area contributed by atoms with Crippen molar-refractivity contribution in [3.8, 4) is 0 Å². The number of anilines is 1. The first-order chi connectivity index (χ1) is 11.6.